The van der Waals surface area contributed by atoms with Crippen LogP contribution in [0.1, 0.15) is 19.8 Å². The molecule has 1 aromatic carbocycles. The molecule has 2 rings (SSSR count). The zero-order chi connectivity index (χ0) is 14.8. The predicted molar refractivity (Wildman–Crippen MR) is 80.6 cm³/mol. The molecule has 0 amide bonds. The minimum absolute atomic E-state index is 0.182. The highest BCUT2D eigenvalue weighted by Gasteiger charge is 2.22. The van der Waals surface area contributed by atoms with Crippen molar-refractivity contribution in [3.05, 3.63) is 18.2 Å². The lowest BCUT2D eigenvalue weighted by Crippen LogP contribution is -2.31. The van der Waals surface area contributed by atoms with Gasteiger partial charge in [0.05, 0.1) is 16.3 Å². The Hall–Kier alpha value is -1.27. The van der Waals surface area contributed by atoms with Crippen molar-refractivity contribution in [2.45, 2.75) is 30.7 Å². The number of benzene rings is 1. The van der Waals surface area contributed by atoms with Crippen LogP contribution >= 0.6 is 0 Å². The van der Waals surface area contributed by atoms with Crippen molar-refractivity contribution in [3.63, 3.8) is 0 Å². The maximum Gasteiger partial charge on any atom is 0.177 e. The molecule has 1 aliphatic rings. The van der Waals surface area contributed by atoms with Gasteiger partial charge in [0.1, 0.15) is 0 Å². The number of nitrogens with one attached hydrogen (secondary N) is 1. The first-order chi connectivity index (χ1) is 9.39. The Bertz CT molecular complexity index is 566. The summed E-state index contributed by atoms with van der Waals surface area (Å²) in [4.78, 5) is 0.182. The van der Waals surface area contributed by atoms with Crippen molar-refractivity contribution in [2.24, 2.45) is 5.92 Å². The second-order valence-electron chi connectivity index (χ2n) is 5.37. The average Bonchev–Trinajstić information content (AvgIpc) is 2.40. The molecule has 0 saturated carbocycles. The van der Waals surface area contributed by atoms with E-state index < -0.39 is 9.84 Å². The van der Waals surface area contributed by atoms with E-state index in [0.717, 1.165) is 26.1 Å². The number of anilines is 2. The Kier molecular flexibility index (Phi) is 4.55. The van der Waals surface area contributed by atoms with Crippen LogP contribution < -0.4 is 11.1 Å². The van der Waals surface area contributed by atoms with E-state index in [-0.39, 0.29) is 10.9 Å². The van der Waals surface area contributed by atoms with Crippen molar-refractivity contribution in [3.8, 4) is 0 Å². The molecule has 1 saturated heterocycles. The van der Waals surface area contributed by atoms with Crippen molar-refractivity contribution >= 4 is 21.2 Å². The number of nitrogens with two attached hydrogens (primary N) is 1. The van der Waals surface area contributed by atoms with Gasteiger partial charge in [-0.25, -0.2) is 8.42 Å². The van der Waals surface area contributed by atoms with E-state index in [1.54, 1.807) is 6.07 Å². The van der Waals surface area contributed by atoms with Crippen LogP contribution in [0.2, 0.25) is 0 Å². The van der Waals surface area contributed by atoms with Crippen LogP contribution in [0.15, 0.2) is 23.1 Å². The topological polar surface area (TPSA) is 81.4 Å². The Balaban J connectivity index is 2.17. The number of ether oxygens (including phenoxy) is 1. The zero-order valence-corrected chi connectivity index (χ0v) is 12.7. The predicted octanol–water partition coefficient (Wildman–Crippen LogP) is 1.90. The summed E-state index contributed by atoms with van der Waals surface area (Å²) in [5.74, 6) is 0.519. The normalized spacial score (nSPS) is 18.7. The van der Waals surface area contributed by atoms with Crippen LogP contribution in [0, 0.1) is 5.92 Å². The van der Waals surface area contributed by atoms with Gasteiger partial charge in [-0.1, -0.05) is 6.07 Å². The summed E-state index contributed by atoms with van der Waals surface area (Å²) in [6.07, 6.45) is 3.20. The maximum atomic E-state index is 11.7. The van der Waals surface area contributed by atoms with Crippen molar-refractivity contribution in [1.82, 2.24) is 0 Å². The Morgan fingerprint density at radius 1 is 1.35 bits per heavy atom. The fraction of sp³-hybridized carbons (Fsp3) is 0.571. The molecule has 112 valence electrons. The number of hydrogen-bond acceptors (Lipinski definition) is 5. The molecule has 0 radical (unpaired) electrons. The highest BCUT2D eigenvalue weighted by atomic mass is 32.2. The average molecular weight is 298 g/mol. The van der Waals surface area contributed by atoms with E-state index in [2.05, 4.69) is 12.2 Å². The first-order valence-corrected chi connectivity index (χ1v) is 8.71. The van der Waals surface area contributed by atoms with Gasteiger partial charge in [-0.05, 0) is 37.8 Å². The number of nitrogen functional groups attached to an aromatic ring is 1. The number of para-hydroxylation sites is 1. The summed E-state index contributed by atoms with van der Waals surface area (Å²) in [5, 5.41) is 3.35. The molecule has 20 heavy (non-hydrogen) atoms. The molecule has 1 aliphatic heterocycles. The molecule has 1 atom stereocenters. The van der Waals surface area contributed by atoms with Crippen LogP contribution in [-0.2, 0) is 14.6 Å². The Morgan fingerprint density at radius 2 is 2.00 bits per heavy atom. The van der Waals surface area contributed by atoms with Crippen LogP contribution in [0.5, 0.6) is 0 Å². The third kappa shape index (κ3) is 3.43. The van der Waals surface area contributed by atoms with Crippen LogP contribution in [-0.4, -0.2) is 33.9 Å². The quantitative estimate of drug-likeness (QED) is 0.830. The molecule has 0 spiro atoms. The third-order valence-corrected chi connectivity index (χ3v) is 4.98. The summed E-state index contributed by atoms with van der Waals surface area (Å²) in [6, 6.07) is 5.30. The van der Waals surface area contributed by atoms with Gasteiger partial charge in [-0.2, -0.15) is 0 Å². The number of hydrogen-bond donors (Lipinski definition) is 2. The summed E-state index contributed by atoms with van der Waals surface area (Å²) in [7, 11) is -3.30. The fourth-order valence-corrected chi connectivity index (χ4v) is 3.41. The van der Waals surface area contributed by atoms with Gasteiger partial charge in [-0.15, -0.1) is 0 Å². The SMILES string of the molecule is CC(Nc1cccc(S(C)(=O)=O)c1N)C1CCOCC1. The molecule has 3 N–H and O–H groups in total. The van der Waals surface area contributed by atoms with Crippen LogP contribution in [0.4, 0.5) is 11.4 Å². The molecule has 5 nitrogen and oxygen atoms in total. The summed E-state index contributed by atoms with van der Waals surface area (Å²) in [6.45, 7) is 3.67. The Labute approximate surface area is 120 Å². The van der Waals surface area contributed by atoms with Gasteiger partial charge >= 0.3 is 0 Å². The molecule has 0 aromatic heterocycles. The first kappa shape index (κ1) is 15.1. The van der Waals surface area contributed by atoms with E-state index >= 15 is 0 Å². The van der Waals surface area contributed by atoms with Gasteiger partial charge in [-0.3, -0.25) is 0 Å². The standard InChI is InChI=1S/C14H22N2O3S/c1-10(11-6-8-19-9-7-11)16-12-4-3-5-13(14(12)15)20(2,17)18/h3-5,10-11,16H,6-9,15H2,1-2H3. The third-order valence-electron chi connectivity index (χ3n) is 3.82. The monoisotopic (exact) mass is 298 g/mol. The van der Waals surface area contributed by atoms with E-state index in [0.29, 0.717) is 17.3 Å². The van der Waals surface area contributed by atoms with Gasteiger partial charge in [0.25, 0.3) is 0 Å². The van der Waals surface area contributed by atoms with Crippen molar-refractivity contribution < 1.29 is 13.2 Å². The van der Waals surface area contributed by atoms with Gasteiger partial charge in [0.15, 0.2) is 9.84 Å². The van der Waals surface area contributed by atoms with Gasteiger partial charge < -0.3 is 15.8 Å². The molecule has 1 heterocycles. The Morgan fingerprint density at radius 3 is 2.60 bits per heavy atom. The summed E-state index contributed by atoms with van der Waals surface area (Å²) in [5.41, 5.74) is 6.97. The molecule has 1 unspecified atom stereocenters. The minimum Gasteiger partial charge on any atom is -0.396 e. The second-order valence-corrected chi connectivity index (χ2v) is 7.36. The highest BCUT2D eigenvalue weighted by Crippen LogP contribution is 2.29. The van der Waals surface area contributed by atoms with E-state index in [1.165, 1.54) is 12.3 Å². The van der Waals surface area contributed by atoms with E-state index in [1.807, 2.05) is 6.07 Å². The lowest BCUT2D eigenvalue weighted by atomic mass is 9.93. The van der Waals surface area contributed by atoms with Crippen molar-refractivity contribution in [2.75, 3.05) is 30.5 Å². The first-order valence-electron chi connectivity index (χ1n) is 6.82. The lowest BCUT2D eigenvalue weighted by Gasteiger charge is -2.29. The molecule has 0 bridgehead atoms. The zero-order valence-electron chi connectivity index (χ0n) is 11.9. The molecule has 0 aliphatic carbocycles. The molecule has 1 fully saturated rings. The molecular formula is C14H22N2O3S. The highest BCUT2D eigenvalue weighted by molar-refractivity contribution is 7.90. The van der Waals surface area contributed by atoms with Crippen LogP contribution in [0.3, 0.4) is 0 Å². The lowest BCUT2D eigenvalue weighted by molar-refractivity contribution is 0.0622. The van der Waals surface area contributed by atoms with E-state index in [4.69, 9.17) is 10.5 Å². The van der Waals surface area contributed by atoms with Gasteiger partial charge in [0.2, 0.25) is 0 Å². The number of sulfone groups is 1. The van der Waals surface area contributed by atoms with E-state index in [9.17, 15) is 8.42 Å². The van der Waals surface area contributed by atoms with Crippen LogP contribution in [0.25, 0.3) is 0 Å². The minimum atomic E-state index is -3.30. The molecular weight excluding hydrogens is 276 g/mol. The van der Waals surface area contributed by atoms with Crippen molar-refractivity contribution in [1.29, 1.82) is 0 Å². The second kappa shape index (κ2) is 6.01. The largest absolute Gasteiger partial charge is 0.396 e. The summed E-state index contributed by atoms with van der Waals surface area (Å²) < 4.78 is 28.7. The smallest absolute Gasteiger partial charge is 0.177 e. The summed E-state index contributed by atoms with van der Waals surface area (Å²) >= 11 is 0. The fourth-order valence-electron chi connectivity index (χ4n) is 2.57. The molecule has 6 heteroatoms. The molecule has 1 aromatic rings. The number of rotatable bonds is 4. The maximum absolute atomic E-state index is 11.7. The van der Waals surface area contributed by atoms with Gasteiger partial charge in [0, 0.05) is 25.5 Å².